The largest absolute Gasteiger partial charge is 0.324 e. The summed E-state index contributed by atoms with van der Waals surface area (Å²) in [5, 5.41) is 0. The molecule has 0 N–H and O–H groups in total. The minimum atomic E-state index is -0.991. The molecule has 1 rings (SSSR count). The quantitative estimate of drug-likeness (QED) is 0.189. The molecule has 3 nitrogen and oxygen atoms in total. The number of unbranched alkanes of at least 4 members (excludes halogenated alkanes) is 5. The third kappa shape index (κ3) is 10.9. The van der Waals surface area contributed by atoms with Crippen molar-refractivity contribution >= 4 is 0 Å². The van der Waals surface area contributed by atoms with Gasteiger partial charge in [0, 0.05) is 5.92 Å². The number of benzene rings is 1. The minimum absolute atomic E-state index is 0.0336. The van der Waals surface area contributed by atoms with Gasteiger partial charge in [-0.05, 0) is 66.4 Å². The molecule has 1 unspecified atom stereocenters. The Hall–Kier alpha value is -0.900. The highest BCUT2D eigenvalue weighted by molar-refractivity contribution is 5.14. The fraction of sp³-hybridized carbons (Fsp3) is 0.778. The Morgan fingerprint density at radius 3 is 1.67 bits per heavy atom. The Morgan fingerprint density at radius 2 is 1.17 bits per heavy atom. The van der Waals surface area contributed by atoms with E-state index in [2.05, 4.69) is 78.8 Å². The van der Waals surface area contributed by atoms with E-state index >= 15 is 0 Å². The molecule has 0 fully saturated rings. The number of hydrogen-bond donors (Lipinski definition) is 0. The number of hydrogen-bond acceptors (Lipinski definition) is 3. The standard InChI is InChI=1S/C27H48O3/c1-8-9-10-11-12-16-19-26(21-20-25-17-14-13-15-18-25)27(28-22(2)3,29-23(4)5)30-24(6)7/h13-15,17-18,22-24,26H,8-12,16,19-21H2,1-7H3. The molecule has 0 radical (unpaired) electrons. The van der Waals surface area contributed by atoms with E-state index < -0.39 is 5.97 Å². The second-order valence-corrected chi connectivity index (χ2v) is 9.38. The zero-order valence-corrected chi connectivity index (χ0v) is 20.8. The number of ether oxygens (including phenoxy) is 3. The van der Waals surface area contributed by atoms with Gasteiger partial charge in [0.15, 0.2) is 0 Å². The van der Waals surface area contributed by atoms with E-state index in [9.17, 15) is 0 Å². The van der Waals surface area contributed by atoms with Gasteiger partial charge < -0.3 is 14.2 Å². The molecule has 0 aliphatic rings. The Bertz CT molecular complexity index is 498. The molecule has 1 aromatic carbocycles. The number of rotatable bonds is 17. The van der Waals surface area contributed by atoms with Crippen LogP contribution in [0.1, 0.15) is 105 Å². The Kier molecular flexibility index (Phi) is 13.6. The lowest BCUT2D eigenvalue weighted by atomic mass is 9.91. The average molecular weight is 421 g/mol. The lowest BCUT2D eigenvalue weighted by Crippen LogP contribution is -2.51. The summed E-state index contributed by atoms with van der Waals surface area (Å²) in [6.45, 7) is 14.7. The summed E-state index contributed by atoms with van der Waals surface area (Å²) in [5.74, 6) is -0.801. The van der Waals surface area contributed by atoms with Gasteiger partial charge in [-0.15, -0.1) is 0 Å². The van der Waals surface area contributed by atoms with Crippen molar-refractivity contribution in [2.45, 2.75) is 131 Å². The van der Waals surface area contributed by atoms with Gasteiger partial charge in [-0.25, -0.2) is 0 Å². The molecule has 0 saturated carbocycles. The molecule has 30 heavy (non-hydrogen) atoms. The molecule has 0 amide bonds. The van der Waals surface area contributed by atoms with Gasteiger partial charge >= 0.3 is 0 Å². The first-order chi connectivity index (χ1) is 14.3. The SMILES string of the molecule is CCCCCCCCC(CCc1ccccc1)C(OC(C)C)(OC(C)C)OC(C)C. The smallest absolute Gasteiger partial charge is 0.286 e. The van der Waals surface area contributed by atoms with Crippen molar-refractivity contribution in [1.82, 2.24) is 0 Å². The van der Waals surface area contributed by atoms with Crippen LogP contribution in [0, 0.1) is 5.92 Å². The molecular formula is C27H48O3. The normalized spacial score (nSPS) is 13.5. The summed E-state index contributed by atoms with van der Waals surface area (Å²) in [5.41, 5.74) is 1.36. The monoisotopic (exact) mass is 420 g/mol. The van der Waals surface area contributed by atoms with Crippen molar-refractivity contribution < 1.29 is 14.2 Å². The topological polar surface area (TPSA) is 27.7 Å². The summed E-state index contributed by atoms with van der Waals surface area (Å²) < 4.78 is 19.4. The van der Waals surface area contributed by atoms with E-state index in [1.54, 1.807) is 0 Å². The summed E-state index contributed by atoms with van der Waals surface area (Å²) in [7, 11) is 0. The predicted molar refractivity (Wildman–Crippen MR) is 128 cm³/mol. The first kappa shape index (κ1) is 27.1. The summed E-state index contributed by atoms with van der Waals surface area (Å²) >= 11 is 0. The zero-order chi connectivity index (χ0) is 22.4. The molecule has 3 heteroatoms. The molecule has 0 spiro atoms. The van der Waals surface area contributed by atoms with E-state index in [0.717, 1.165) is 19.3 Å². The molecule has 0 aliphatic carbocycles. The highest BCUT2D eigenvalue weighted by atomic mass is 16.9. The van der Waals surface area contributed by atoms with Gasteiger partial charge in [0.05, 0.1) is 18.3 Å². The predicted octanol–water partition coefficient (Wildman–Crippen LogP) is 7.91. The van der Waals surface area contributed by atoms with Crippen LogP contribution >= 0.6 is 0 Å². The molecule has 0 heterocycles. The second-order valence-electron chi connectivity index (χ2n) is 9.38. The van der Waals surface area contributed by atoms with Crippen LogP contribution in [0.5, 0.6) is 0 Å². The van der Waals surface area contributed by atoms with Gasteiger partial charge in [0.25, 0.3) is 5.97 Å². The highest BCUT2D eigenvalue weighted by Gasteiger charge is 2.44. The molecule has 1 aromatic rings. The molecule has 1 atom stereocenters. The molecular weight excluding hydrogens is 372 g/mol. The first-order valence-electron chi connectivity index (χ1n) is 12.4. The van der Waals surface area contributed by atoms with Crippen molar-refractivity contribution in [3.05, 3.63) is 35.9 Å². The summed E-state index contributed by atoms with van der Waals surface area (Å²) in [4.78, 5) is 0. The molecule has 0 aliphatic heterocycles. The van der Waals surface area contributed by atoms with Crippen molar-refractivity contribution in [3.8, 4) is 0 Å². The van der Waals surface area contributed by atoms with Crippen LogP contribution in [-0.4, -0.2) is 24.3 Å². The van der Waals surface area contributed by atoms with Crippen molar-refractivity contribution in [2.75, 3.05) is 0 Å². The van der Waals surface area contributed by atoms with Gasteiger partial charge in [0.1, 0.15) is 0 Å². The summed E-state index contributed by atoms with van der Waals surface area (Å²) in [6.07, 6.45) is 10.9. The Labute approximate surface area is 186 Å². The van der Waals surface area contributed by atoms with Crippen LogP contribution in [0.15, 0.2) is 30.3 Å². The van der Waals surface area contributed by atoms with Crippen LogP contribution in [0.3, 0.4) is 0 Å². The van der Waals surface area contributed by atoms with Crippen LogP contribution < -0.4 is 0 Å². The third-order valence-electron chi connectivity index (χ3n) is 5.23. The Balaban J connectivity index is 3.00. The lowest BCUT2D eigenvalue weighted by Gasteiger charge is -2.43. The first-order valence-corrected chi connectivity index (χ1v) is 12.4. The van der Waals surface area contributed by atoms with Crippen molar-refractivity contribution in [2.24, 2.45) is 5.92 Å². The van der Waals surface area contributed by atoms with Crippen LogP contribution in [0.4, 0.5) is 0 Å². The third-order valence-corrected chi connectivity index (χ3v) is 5.23. The van der Waals surface area contributed by atoms with Crippen LogP contribution in [0.25, 0.3) is 0 Å². The maximum absolute atomic E-state index is 6.46. The van der Waals surface area contributed by atoms with E-state index in [0.29, 0.717) is 0 Å². The Morgan fingerprint density at radius 1 is 0.667 bits per heavy atom. The van der Waals surface area contributed by atoms with Crippen LogP contribution in [0.2, 0.25) is 0 Å². The maximum atomic E-state index is 6.46. The average Bonchev–Trinajstić information content (AvgIpc) is 2.65. The molecule has 0 bridgehead atoms. The molecule has 0 aromatic heterocycles. The fourth-order valence-electron chi connectivity index (χ4n) is 4.01. The maximum Gasteiger partial charge on any atom is 0.286 e. The van der Waals surface area contributed by atoms with Gasteiger partial charge in [0.2, 0.25) is 0 Å². The second kappa shape index (κ2) is 15.0. The molecule has 174 valence electrons. The zero-order valence-electron chi connectivity index (χ0n) is 20.8. The van der Waals surface area contributed by atoms with Crippen molar-refractivity contribution in [1.29, 1.82) is 0 Å². The highest BCUT2D eigenvalue weighted by Crippen LogP contribution is 2.37. The van der Waals surface area contributed by atoms with Crippen LogP contribution in [-0.2, 0) is 20.6 Å². The van der Waals surface area contributed by atoms with E-state index in [-0.39, 0.29) is 24.2 Å². The van der Waals surface area contributed by atoms with E-state index in [4.69, 9.17) is 14.2 Å². The number of aryl methyl sites for hydroxylation is 1. The molecule has 0 saturated heterocycles. The summed E-state index contributed by atoms with van der Waals surface area (Å²) in [6, 6.07) is 10.7. The van der Waals surface area contributed by atoms with Gasteiger partial charge in [-0.3, -0.25) is 0 Å². The minimum Gasteiger partial charge on any atom is -0.324 e. The van der Waals surface area contributed by atoms with Gasteiger partial charge in [-0.2, -0.15) is 0 Å². The van der Waals surface area contributed by atoms with E-state index in [1.807, 2.05) is 0 Å². The van der Waals surface area contributed by atoms with E-state index in [1.165, 1.54) is 44.1 Å². The fourth-order valence-corrected chi connectivity index (χ4v) is 4.01. The lowest BCUT2D eigenvalue weighted by molar-refractivity contribution is -0.433. The van der Waals surface area contributed by atoms with Gasteiger partial charge in [-0.1, -0.05) is 75.8 Å². The van der Waals surface area contributed by atoms with Crippen molar-refractivity contribution in [3.63, 3.8) is 0 Å².